The SMILES string of the molecule is COC(O)C1=CC2C(c3cc4c(cc31)OCO4)S2(=O)(O)c1ccccc1. The van der Waals surface area contributed by atoms with Crippen LogP contribution in [0.1, 0.15) is 16.4 Å². The second-order valence-corrected chi connectivity index (χ2v) is 10.3. The van der Waals surface area contributed by atoms with Crippen LogP contribution in [-0.2, 0) is 14.1 Å². The molecule has 2 aromatic carbocycles. The first-order chi connectivity index (χ1) is 12.4. The highest BCUT2D eigenvalue weighted by atomic mass is 32.3. The highest BCUT2D eigenvalue weighted by molar-refractivity contribution is 8.22. The van der Waals surface area contributed by atoms with Crippen molar-refractivity contribution < 1.29 is 28.1 Å². The molecule has 26 heavy (non-hydrogen) atoms. The Bertz CT molecular complexity index is 1010. The third-order valence-corrected chi connectivity index (χ3v) is 9.35. The minimum Gasteiger partial charge on any atom is -0.454 e. The van der Waals surface area contributed by atoms with Crippen molar-refractivity contribution in [2.24, 2.45) is 0 Å². The van der Waals surface area contributed by atoms with Crippen LogP contribution in [0.3, 0.4) is 0 Å². The molecule has 1 aliphatic carbocycles. The summed E-state index contributed by atoms with van der Waals surface area (Å²) >= 11 is 0. The van der Waals surface area contributed by atoms with Gasteiger partial charge in [0.1, 0.15) is 0 Å². The molecule has 2 aliphatic heterocycles. The quantitative estimate of drug-likeness (QED) is 0.634. The summed E-state index contributed by atoms with van der Waals surface area (Å²) in [6.07, 6.45) is 0.480. The maximum atomic E-state index is 13.9. The van der Waals surface area contributed by atoms with E-state index in [4.69, 9.17) is 14.2 Å². The van der Waals surface area contributed by atoms with Gasteiger partial charge in [0.2, 0.25) is 6.79 Å². The number of aliphatic hydroxyl groups excluding tert-OH is 1. The summed E-state index contributed by atoms with van der Waals surface area (Å²) in [5.41, 5.74) is 1.81. The van der Waals surface area contributed by atoms with Crippen molar-refractivity contribution in [3.05, 3.63) is 59.7 Å². The van der Waals surface area contributed by atoms with Gasteiger partial charge in [0.05, 0.1) is 15.4 Å². The van der Waals surface area contributed by atoms with Gasteiger partial charge in [0, 0.05) is 12.7 Å². The third-order valence-electron chi connectivity index (χ3n) is 5.45. The summed E-state index contributed by atoms with van der Waals surface area (Å²) in [6.45, 7) is 0.106. The van der Waals surface area contributed by atoms with Crippen LogP contribution < -0.4 is 9.47 Å². The molecule has 0 saturated carbocycles. The lowest BCUT2D eigenvalue weighted by molar-refractivity contribution is -0.0277. The lowest BCUT2D eigenvalue weighted by atomic mass is 9.90. The number of benzene rings is 2. The Morgan fingerprint density at radius 3 is 2.58 bits per heavy atom. The summed E-state index contributed by atoms with van der Waals surface area (Å²) in [4.78, 5) is 0.410. The van der Waals surface area contributed by atoms with Crippen LogP contribution in [0.4, 0.5) is 0 Å². The van der Waals surface area contributed by atoms with Gasteiger partial charge in [-0.1, -0.05) is 24.3 Å². The summed E-state index contributed by atoms with van der Waals surface area (Å²) < 4.78 is 41.3. The Labute approximate surface area is 150 Å². The number of ether oxygens (including phenoxy) is 3. The van der Waals surface area contributed by atoms with Gasteiger partial charge in [-0.25, -0.2) is 4.21 Å². The van der Waals surface area contributed by atoms with Crippen molar-refractivity contribution in [2.75, 3.05) is 13.9 Å². The summed E-state index contributed by atoms with van der Waals surface area (Å²) in [5.74, 6) is 1.10. The van der Waals surface area contributed by atoms with Crippen LogP contribution in [0.2, 0.25) is 0 Å². The fourth-order valence-electron chi connectivity index (χ4n) is 4.09. The highest BCUT2D eigenvalue weighted by Gasteiger charge is 2.68. The lowest BCUT2D eigenvalue weighted by Gasteiger charge is -2.26. The molecule has 0 amide bonds. The Morgan fingerprint density at radius 2 is 1.88 bits per heavy atom. The maximum absolute atomic E-state index is 13.9. The number of methoxy groups -OCH3 is 1. The number of aliphatic hydroxyl groups is 1. The summed E-state index contributed by atoms with van der Waals surface area (Å²) in [6, 6.07) is 12.2. The number of rotatable bonds is 3. The molecule has 2 heterocycles. The van der Waals surface area contributed by atoms with E-state index in [0.29, 0.717) is 33.1 Å². The second-order valence-electron chi connectivity index (χ2n) is 6.73. The van der Waals surface area contributed by atoms with Gasteiger partial charge in [-0.15, -0.1) is 9.35 Å². The summed E-state index contributed by atoms with van der Waals surface area (Å²) in [5, 5.41) is 9.12. The smallest absolute Gasteiger partial charge is 0.231 e. The van der Waals surface area contributed by atoms with E-state index in [1.807, 2.05) is 6.07 Å². The van der Waals surface area contributed by atoms with E-state index in [-0.39, 0.29) is 6.79 Å². The third kappa shape index (κ3) is 1.83. The molecule has 0 radical (unpaired) electrons. The van der Waals surface area contributed by atoms with Crippen LogP contribution in [0.25, 0.3) is 5.57 Å². The van der Waals surface area contributed by atoms with E-state index in [9.17, 15) is 13.9 Å². The van der Waals surface area contributed by atoms with Crippen molar-refractivity contribution in [2.45, 2.75) is 21.7 Å². The average Bonchev–Trinajstić information content (AvgIpc) is 2.95. The first kappa shape index (κ1) is 16.0. The molecule has 3 aliphatic rings. The molecule has 0 spiro atoms. The minimum atomic E-state index is -4.15. The molecule has 1 fully saturated rings. The minimum absolute atomic E-state index is 0.106. The predicted octanol–water partition coefficient (Wildman–Crippen LogP) is 2.55. The first-order valence-corrected chi connectivity index (χ1v) is 10.3. The Morgan fingerprint density at radius 1 is 1.19 bits per heavy atom. The largest absolute Gasteiger partial charge is 0.454 e. The standard InChI is InChI=1S/C19H18O6S/c1-23-19(20)14-9-17-18(26(17,21,22)11-5-3-2-4-6-11)13-8-16-15(7-12(13)14)24-10-25-16/h2-9,17-20H,10H2,1H3,(H,21,22). The van der Waals surface area contributed by atoms with Crippen molar-refractivity contribution >= 4 is 14.9 Å². The molecule has 2 N–H and O–H groups in total. The van der Waals surface area contributed by atoms with Gasteiger partial charge in [-0.05, 0) is 35.4 Å². The van der Waals surface area contributed by atoms with Gasteiger partial charge < -0.3 is 19.3 Å². The fourth-order valence-corrected chi connectivity index (χ4v) is 7.97. The zero-order valence-corrected chi connectivity index (χ0v) is 14.8. The van der Waals surface area contributed by atoms with Gasteiger partial charge >= 0.3 is 0 Å². The van der Waals surface area contributed by atoms with Crippen LogP contribution >= 0.6 is 0 Å². The van der Waals surface area contributed by atoms with Gasteiger partial charge in [-0.3, -0.25) is 4.55 Å². The fraction of sp³-hybridized carbons (Fsp3) is 0.263. The molecular weight excluding hydrogens is 356 g/mol. The zero-order chi connectivity index (χ0) is 18.1. The van der Waals surface area contributed by atoms with E-state index < -0.39 is 26.1 Å². The van der Waals surface area contributed by atoms with Gasteiger partial charge in [0.15, 0.2) is 17.8 Å². The monoisotopic (exact) mass is 374 g/mol. The first-order valence-electron chi connectivity index (χ1n) is 8.26. The zero-order valence-electron chi connectivity index (χ0n) is 14.0. The van der Waals surface area contributed by atoms with Crippen LogP contribution in [0.15, 0.2) is 53.4 Å². The molecule has 2 aromatic rings. The Kier molecular flexibility index (Phi) is 3.05. The van der Waals surface area contributed by atoms with Crippen molar-refractivity contribution in [1.29, 1.82) is 0 Å². The maximum Gasteiger partial charge on any atom is 0.231 e. The highest BCUT2D eigenvalue weighted by Crippen LogP contribution is 2.71. The topological polar surface area (TPSA) is 85.2 Å². The van der Waals surface area contributed by atoms with E-state index >= 15 is 0 Å². The van der Waals surface area contributed by atoms with Crippen molar-refractivity contribution in [3.63, 3.8) is 0 Å². The normalized spacial score (nSPS) is 28.7. The van der Waals surface area contributed by atoms with Crippen LogP contribution in [0.5, 0.6) is 11.5 Å². The van der Waals surface area contributed by atoms with E-state index in [1.54, 1.807) is 42.5 Å². The number of hydrogen-bond donors (Lipinski definition) is 2. The molecule has 0 bridgehead atoms. The van der Waals surface area contributed by atoms with E-state index in [1.165, 1.54) is 7.11 Å². The molecule has 0 aromatic heterocycles. The molecule has 7 heteroatoms. The predicted molar refractivity (Wildman–Crippen MR) is 95.6 cm³/mol. The number of hydrogen-bond acceptors (Lipinski definition) is 5. The van der Waals surface area contributed by atoms with Crippen LogP contribution in [-0.4, -0.2) is 39.3 Å². The molecule has 136 valence electrons. The Hall–Kier alpha value is -2.19. The van der Waals surface area contributed by atoms with E-state index in [2.05, 4.69) is 0 Å². The molecule has 3 atom stereocenters. The Balaban J connectivity index is 1.75. The molecular formula is C19H18O6S. The molecule has 3 unspecified atom stereocenters. The van der Waals surface area contributed by atoms with Gasteiger partial charge in [-0.2, -0.15) is 0 Å². The van der Waals surface area contributed by atoms with E-state index in [0.717, 1.165) is 0 Å². The average molecular weight is 374 g/mol. The summed E-state index contributed by atoms with van der Waals surface area (Å²) in [7, 11) is -2.76. The number of fused-ring (bicyclic) bond motifs is 4. The molecule has 6 nitrogen and oxygen atoms in total. The van der Waals surface area contributed by atoms with Crippen molar-refractivity contribution in [3.8, 4) is 11.5 Å². The second kappa shape index (κ2) is 4.95. The molecule has 5 rings (SSSR count). The lowest BCUT2D eigenvalue weighted by Crippen LogP contribution is -2.18. The van der Waals surface area contributed by atoms with Crippen LogP contribution in [0, 0.1) is 0 Å². The molecule has 1 saturated heterocycles. The van der Waals surface area contributed by atoms with Gasteiger partial charge in [0.25, 0.3) is 0 Å². The van der Waals surface area contributed by atoms with Crippen molar-refractivity contribution in [1.82, 2.24) is 0 Å².